The van der Waals surface area contributed by atoms with Crippen LogP contribution >= 0.6 is 11.8 Å². The van der Waals surface area contributed by atoms with Crippen LogP contribution in [0, 0.1) is 6.92 Å². The highest BCUT2D eigenvalue weighted by Gasteiger charge is 2.08. The highest BCUT2D eigenvalue weighted by atomic mass is 32.2. The summed E-state index contributed by atoms with van der Waals surface area (Å²) >= 11 is 1.48. The van der Waals surface area contributed by atoms with Crippen LogP contribution < -0.4 is 5.73 Å². The third kappa shape index (κ3) is 2.62. The first kappa shape index (κ1) is 11.2. The second-order valence-corrected chi connectivity index (χ2v) is 4.33. The van der Waals surface area contributed by atoms with Crippen LogP contribution in [0.25, 0.3) is 0 Å². The summed E-state index contributed by atoms with van der Waals surface area (Å²) in [6.07, 6.45) is 0.857. The predicted octanol–water partition coefficient (Wildman–Crippen LogP) is 2.03. The standard InChI is InChI=1S/C11H13N3OS/c1-8-13-14-11(15-8)16-10-5-3-2-4-9(10)6-7-12/h2-5H,6-7,12H2,1H3. The van der Waals surface area contributed by atoms with Gasteiger partial charge in [-0.3, -0.25) is 0 Å². The molecular weight excluding hydrogens is 222 g/mol. The van der Waals surface area contributed by atoms with Gasteiger partial charge in [0.15, 0.2) is 0 Å². The van der Waals surface area contributed by atoms with Crippen molar-refractivity contribution in [3.63, 3.8) is 0 Å². The van der Waals surface area contributed by atoms with Crippen LogP contribution in [0.1, 0.15) is 11.5 Å². The van der Waals surface area contributed by atoms with Gasteiger partial charge in [-0.05, 0) is 36.4 Å². The molecule has 0 aliphatic carbocycles. The van der Waals surface area contributed by atoms with Crippen LogP contribution in [0.4, 0.5) is 0 Å². The number of rotatable bonds is 4. The van der Waals surface area contributed by atoms with Crippen LogP contribution in [-0.2, 0) is 6.42 Å². The van der Waals surface area contributed by atoms with Crippen LogP contribution in [0.3, 0.4) is 0 Å². The largest absolute Gasteiger partial charge is 0.416 e. The summed E-state index contributed by atoms with van der Waals surface area (Å²) in [5, 5.41) is 8.32. The molecule has 0 amide bonds. The molecule has 0 saturated carbocycles. The molecule has 0 unspecified atom stereocenters. The van der Waals surface area contributed by atoms with Crippen molar-refractivity contribution in [3.8, 4) is 0 Å². The van der Waals surface area contributed by atoms with E-state index in [-0.39, 0.29) is 0 Å². The van der Waals surface area contributed by atoms with Crippen molar-refractivity contribution < 1.29 is 4.42 Å². The van der Waals surface area contributed by atoms with Crippen molar-refractivity contribution in [2.24, 2.45) is 5.73 Å². The van der Waals surface area contributed by atoms with Gasteiger partial charge in [-0.2, -0.15) is 0 Å². The minimum atomic E-state index is 0.571. The van der Waals surface area contributed by atoms with Crippen molar-refractivity contribution in [1.29, 1.82) is 0 Å². The van der Waals surface area contributed by atoms with Gasteiger partial charge in [0.25, 0.3) is 5.22 Å². The molecule has 0 bridgehead atoms. The monoisotopic (exact) mass is 235 g/mol. The van der Waals surface area contributed by atoms with Crippen molar-refractivity contribution in [2.45, 2.75) is 23.5 Å². The zero-order valence-corrected chi connectivity index (χ0v) is 9.83. The Morgan fingerprint density at radius 3 is 2.81 bits per heavy atom. The lowest BCUT2D eigenvalue weighted by Gasteiger charge is -2.04. The fourth-order valence-corrected chi connectivity index (χ4v) is 2.26. The molecule has 0 aliphatic rings. The van der Waals surface area contributed by atoms with Crippen LogP contribution in [0.5, 0.6) is 0 Å². The SMILES string of the molecule is Cc1nnc(Sc2ccccc2CCN)o1. The van der Waals surface area contributed by atoms with E-state index in [2.05, 4.69) is 16.3 Å². The van der Waals surface area contributed by atoms with Crippen LogP contribution in [0.15, 0.2) is 38.8 Å². The fourth-order valence-electron chi connectivity index (χ4n) is 1.38. The Labute approximate surface area is 98.2 Å². The second-order valence-electron chi connectivity index (χ2n) is 3.34. The van der Waals surface area contributed by atoms with Gasteiger partial charge in [0.1, 0.15) is 0 Å². The molecule has 0 atom stereocenters. The summed E-state index contributed by atoms with van der Waals surface area (Å²) in [6, 6.07) is 8.10. The number of benzene rings is 1. The number of nitrogens with zero attached hydrogens (tertiary/aromatic N) is 2. The van der Waals surface area contributed by atoms with E-state index in [1.54, 1.807) is 6.92 Å². The molecule has 2 rings (SSSR count). The molecule has 1 aromatic carbocycles. The highest BCUT2D eigenvalue weighted by Crippen LogP contribution is 2.29. The average Bonchev–Trinajstić information content (AvgIpc) is 2.67. The van der Waals surface area contributed by atoms with Crippen LogP contribution in [0.2, 0.25) is 0 Å². The summed E-state index contributed by atoms with van der Waals surface area (Å²) in [4.78, 5) is 1.12. The van der Waals surface area contributed by atoms with Crippen molar-refractivity contribution in [1.82, 2.24) is 10.2 Å². The minimum Gasteiger partial charge on any atom is -0.416 e. The molecule has 2 N–H and O–H groups in total. The zero-order valence-electron chi connectivity index (χ0n) is 9.01. The van der Waals surface area contributed by atoms with Gasteiger partial charge in [-0.1, -0.05) is 18.2 Å². The molecule has 0 radical (unpaired) electrons. The molecule has 4 nitrogen and oxygen atoms in total. The van der Waals surface area contributed by atoms with Crippen LogP contribution in [-0.4, -0.2) is 16.7 Å². The Hall–Kier alpha value is -1.33. The Kier molecular flexibility index (Phi) is 3.58. The maximum Gasteiger partial charge on any atom is 0.281 e. The van der Waals surface area contributed by atoms with Gasteiger partial charge in [0, 0.05) is 11.8 Å². The molecule has 1 aromatic heterocycles. The number of aryl methyl sites for hydroxylation is 1. The normalized spacial score (nSPS) is 10.6. The minimum absolute atomic E-state index is 0.571. The number of hydrogen-bond acceptors (Lipinski definition) is 5. The maximum atomic E-state index is 5.57. The molecule has 0 aliphatic heterocycles. The van der Waals surface area contributed by atoms with Gasteiger partial charge in [0.05, 0.1) is 0 Å². The third-order valence-corrected chi connectivity index (χ3v) is 3.05. The Balaban J connectivity index is 2.20. The molecule has 84 valence electrons. The Morgan fingerprint density at radius 2 is 2.12 bits per heavy atom. The lowest BCUT2D eigenvalue weighted by atomic mass is 10.1. The summed E-state index contributed by atoms with van der Waals surface area (Å²) in [5.74, 6) is 0.582. The molecule has 1 heterocycles. The van der Waals surface area contributed by atoms with E-state index in [4.69, 9.17) is 10.2 Å². The van der Waals surface area contributed by atoms with E-state index in [0.717, 1.165) is 11.3 Å². The van der Waals surface area contributed by atoms with Gasteiger partial charge in [-0.25, -0.2) is 0 Å². The van der Waals surface area contributed by atoms with Gasteiger partial charge in [-0.15, -0.1) is 10.2 Å². The van der Waals surface area contributed by atoms with Gasteiger partial charge >= 0.3 is 0 Å². The predicted molar refractivity (Wildman–Crippen MR) is 62.4 cm³/mol. The summed E-state index contributed by atoms with van der Waals surface area (Å²) in [6.45, 7) is 2.42. The van der Waals surface area contributed by atoms with E-state index >= 15 is 0 Å². The van der Waals surface area contributed by atoms with E-state index in [9.17, 15) is 0 Å². The smallest absolute Gasteiger partial charge is 0.281 e. The number of aromatic nitrogens is 2. The summed E-state index contributed by atoms with van der Waals surface area (Å²) in [5.41, 5.74) is 6.78. The maximum absolute atomic E-state index is 5.57. The molecule has 0 fully saturated rings. The molecule has 16 heavy (non-hydrogen) atoms. The number of hydrogen-bond donors (Lipinski definition) is 1. The first-order valence-corrected chi connectivity index (χ1v) is 5.87. The van der Waals surface area contributed by atoms with Crippen molar-refractivity contribution in [3.05, 3.63) is 35.7 Å². The lowest BCUT2D eigenvalue weighted by Crippen LogP contribution is -2.03. The van der Waals surface area contributed by atoms with Crippen molar-refractivity contribution in [2.75, 3.05) is 6.54 Å². The summed E-state index contributed by atoms with van der Waals surface area (Å²) in [7, 11) is 0. The van der Waals surface area contributed by atoms with E-state index in [1.165, 1.54) is 17.3 Å². The Morgan fingerprint density at radius 1 is 1.31 bits per heavy atom. The van der Waals surface area contributed by atoms with Gasteiger partial charge < -0.3 is 10.2 Å². The molecule has 0 saturated heterocycles. The first-order valence-electron chi connectivity index (χ1n) is 5.05. The van der Waals surface area contributed by atoms with E-state index in [0.29, 0.717) is 17.7 Å². The summed E-state index contributed by atoms with van der Waals surface area (Å²) < 4.78 is 5.33. The molecule has 2 aromatic rings. The third-order valence-electron chi connectivity index (χ3n) is 2.09. The molecular formula is C11H13N3OS. The average molecular weight is 235 g/mol. The first-order chi connectivity index (χ1) is 7.79. The van der Waals surface area contributed by atoms with Gasteiger partial charge in [0.2, 0.25) is 5.89 Å². The molecule has 0 spiro atoms. The highest BCUT2D eigenvalue weighted by molar-refractivity contribution is 7.99. The quantitative estimate of drug-likeness (QED) is 0.878. The number of nitrogens with two attached hydrogens (primary N) is 1. The van der Waals surface area contributed by atoms with E-state index in [1.807, 2.05) is 18.2 Å². The van der Waals surface area contributed by atoms with E-state index < -0.39 is 0 Å². The van der Waals surface area contributed by atoms with Crippen molar-refractivity contribution >= 4 is 11.8 Å². The lowest BCUT2D eigenvalue weighted by molar-refractivity contribution is 0.429. The zero-order chi connectivity index (χ0) is 11.4. The molecule has 5 heteroatoms. The fraction of sp³-hybridized carbons (Fsp3) is 0.273. The second kappa shape index (κ2) is 5.14. The Bertz CT molecular complexity index is 470. The topological polar surface area (TPSA) is 64.9 Å².